The van der Waals surface area contributed by atoms with Gasteiger partial charge in [0.2, 0.25) is 5.76 Å². The summed E-state index contributed by atoms with van der Waals surface area (Å²) in [6.45, 7) is 6.01. The van der Waals surface area contributed by atoms with Crippen LogP contribution in [0.3, 0.4) is 0 Å². The number of esters is 1. The van der Waals surface area contributed by atoms with E-state index in [4.69, 9.17) is 9.26 Å². The zero-order valence-electron chi connectivity index (χ0n) is 14.0. The minimum atomic E-state index is -0.409. The maximum absolute atomic E-state index is 12.4. The molecule has 1 aliphatic carbocycles. The monoisotopic (exact) mass is 348 g/mol. The second-order valence-corrected chi connectivity index (χ2v) is 7.17. The average Bonchev–Trinajstić information content (AvgIpc) is 3.10. The van der Waals surface area contributed by atoms with Crippen LogP contribution in [0.15, 0.2) is 10.6 Å². The Morgan fingerprint density at radius 2 is 2.29 bits per heavy atom. The summed E-state index contributed by atoms with van der Waals surface area (Å²) in [5.41, 5.74) is 2.14. The van der Waals surface area contributed by atoms with Crippen LogP contribution in [0.5, 0.6) is 0 Å². The Labute approximate surface area is 144 Å². The topological polar surface area (TPSA) is 81.4 Å². The molecule has 7 heteroatoms. The minimum Gasteiger partial charge on any atom is -0.462 e. The number of ether oxygens (including phenoxy) is 1. The zero-order valence-corrected chi connectivity index (χ0v) is 14.8. The Kier molecular flexibility index (Phi) is 4.71. The Balaban J connectivity index is 1.94. The van der Waals surface area contributed by atoms with Crippen LogP contribution in [0.2, 0.25) is 0 Å². The summed E-state index contributed by atoms with van der Waals surface area (Å²) in [7, 11) is 0. The van der Waals surface area contributed by atoms with Crippen molar-refractivity contribution in [1.82, 2.24) is 5.16 Å². The van der Waals surface area contributed by atoms with Crippen molar-refractivity contribution in [2.75, 3.05) is 11.9 Å². The lowest BCUT2D eigenvalue weighted by molar-refractivity contribution is 0.0526. The molecule has 0 bridgehead atoms. The van der Waals surface area contributed by atoms with E-state index in [9.17, 15) is 9.59 Å². The molecule has 128 valence electrons. The van der Waals surface area contributed by atoms with Gasteiger partial charge in [0, 0.05) is 10.9 Å². The summed E-state index contributed by atoms with van der Waals surface area (Å²) < 4.78 is 10.2. The molecule has 0 aliphatic heterocycles. The number of amides is 1. The quantitative estimate of drug-likeness (QED) is 0.854. The van der Waals surface area contributed by atoms with Gasteiger partial charge in [0.05, 0.1) is 17.9 Å². The van der Waals surface area contributed by atoms with Crippen molar-refractivity contribution in [2.45, 2.75) is 40.0 Å². The second-order valence-electron chi connectivity index (χ2n) is 6.06. The van der Waals surface area contributed by atoms with Crippen LogP contribution in [-0.4, -0.2) is 23.6 Å². The number of anilines is 1. The van der Waals surface area contributed by atoms with Gasteiger partial charge in [-0.05, 0) is 44.6 Å². The number of hydrogen-bond acceptors (Lipinski definition) is 6. The van der Waals surface area contributed by atoms with E-state index in [1.807, 2.05) is 0 Å². The Bertz CT molecular complexity index is 778. The molecule has 2 heterocycles. The molecule has 0 spiro atoms. The maximum atomic E-state index is 12.4. The minimum absolute atomic E-state index is 0.127. The van der Waals surface area contributed by atoms with E-state index in [1.165, 1.54) is 11.3 Å². The number of thiophene rings is 1. The highest BCUT2D eigenvalue weighted by atomic mass is 32.1. The molecule has 0 aromatic carbocycles. The first-order valence-electron chi connectivity index (χ1n) is 8.06. The van der Waals surface area contributed by atoms with E-state index in [0.29, 0.717) is 28.8 Å². The fourth-order valence-corrected chi connectivity index (χ4v) is 4.29. The molecule has 0 fully saturated rings. The summed E-state index contributed by atoms with van der Waals surface area (Å²) in [5, 5.41) is 7.05. The van der Waals surface area contributed by atoms with Crippen molar-refractivity contribution in [1.29, 1.82) is 0 Å². The molecular formula is C17H20N2O4S. The van der Waals surface area contributed by atoms with Gasteiger partial charge in [0.1, 0.15) is 5.00 Å². The van der Waals surface area contributed by atoms with Crippen molar-refractivity contribution >= 4 is 28.2 Å². The SMILES string of the molecule is CCOC(=O)c1c(NC(=O)c2cc(C)no2)sc2c1CCC(C)C2. The van der Waals surface area contributed by atoms with Gasteiger partial charge in [-0.25, -0.2) is 4.79 Å². The first kappa shape index (κ1) is 16.7. The molecule has 1 atom stereocenters. The van der Waals surface area contributed by atoms with E-state index < -0.39 is 5.91 Å². The number of fused-ring (bicyclic) bond motifs is 1. The highest BCUT2D eigenvalue weighted by molar-refractivity contribution is 7.17. The van der Waals surface area contributed by atoms with Crippen LogP contribution in [-0.2, 0) is 17.6 Å². The summed E-state index contributed by atoms with van der Waals surface area (Å²) >= 11 is 1.45. The molecule has 1 amide bonds. The van der Waals surface area contributed by atoms with Crippen LogP contribution in [0.25, 0.3) is 0 Å². The van der Waals surface area contributed by atoms with Crippen molar-refractivity contribution < 1.29 is 18.8 Å². The number of aromatic nitrogens is 1. The van der Waals surface area contributed by atoms with Crippen LogP contribution in [0.4, 0.5) is 5.00 Å². The predicted molar refractivity (Wildman–Crippen MR) is 90.7 cm³/mol. The summed E-state index contributed by atoms with van der Waals surface area (Å²) in [4.78, 5) is 25.9. The van der Waals surface area contributed by atoms with Crippen molar-refractivity contribution in [2.24, 2.45) is 5.92 Å². The summed E-state index contributed by atoms with van der Waals surface area (Å²) in [6.07, 6.45) is 2.78. The molecular weight excluding hydrogens is 328 g/mol. The van der Waals surface area contributed by atoms with Gasteiger partial charge in [-0.3, -0.25) is 4.79 Å². The highest BCUT2D eigenvalue weighted by Crippen LogP contribution is 2.40. The number of nitrogens with one attached hydrogen (secondary N) is 1. The third-order valence-corrected chi connectivity index (χ3v) is 5.24. The maximum Gasteiger partial charge on any atom is 0.341 e. The summed E-state index contributed by atoms with van der Waals surface area (Å²) in [5.74, 6) is -0.0879. The molecule has 0 saturated heterocycles. The lowest BCUT2D eigenvalue weighted by Crippen LogP contribution is -2.16. The highest BCUT2D eigenvalue weighted by Gasteiger charge is 2.29. The van der Waals surface area contributed by atoms with Crippen LogP contribution >= 0.6 is 11.3 Å². The molecule has 0 radical (unpaired) electrons. The number of nitrogens with zero attached hydrogens (tertiary/aromatic N) is 1. The lowest BCUT2D eigenvalue weighted by Gasteiger charge is -2.18. The molecule has 1 unspecified atom stereocenters. The van der Waals surface area contributed by atoms with E-state index in [0.717, 1.165) is 29.7 Å². The van der Waals surface area contributed by atoms with Crippen molar-refractivity contribution in [3.05, 3.63) is 33.5 Å². The molecule has 1 N–H and O–H groups in total. The first-order valence-corrected chi connectivity index (χ1v) is 8.87. The van der Waals surface area contributed by atoms with Gasteiger partial charge in [-0.2, -0.15) is 0 Å². The van der Waals surface area contributed by atoms with E-state index in [2.05, 4.69) is 17.4 Å². The fourth-order valence-electron chi connectivity index (χ4n) is 2.89. The van der Waals surface area contributed by atoms with Crippen molar-refractivity contribution in [3.63, 3.8) is 0 Å². The Morgan fingerprint density at radius 1 is 1.50 bits per heavy atom. The van der Waals surface area contributed by atoms with E-state index in [1.54, 1.807) is 19.9 Å². The average molecular weight is 348 g/mol. The normalized spacial score (nSPS) is 16.5. The van der Waals surface area contributed by atoms with Crippen LogP contribution in [0.1, 0.15) is 57.3 Å². The van der Waals surface area contributed by atoms with Gasteiger partial charge in [-0.1, -0.05) is 12.1 Å². The molecule has 0 saturated carbocycles. The lowest BCUT2D eigenvalue weighted by atomic mass is 9.88. The smallest absolute Gasteiger partial charge is 0.341 e. The molecule has 1 aliphatic rings. The third kappa shape index (κ3) is 3.21. The van der Waals surface area contributed by atoms with Crippen molar-refractivity contribution in [3.8, 4) is 0 Å². The number of carbonyl (C=O) groups is 2. The number of carbonyl (C=O) groups excluding carboxylic acids is 2. The van der Waals surface area contributed by atoms with Gasteiger partial charge in [0.15, 0.2) is 0 Å². The molecule has 3 rings (SSSR count). The van der Waals surface area contributed by atoms with Crippen LogP contribution in [0, 0.1) is 12.8 Å². The first-order chi connectivity index (χ1) is 11.5. The Morgan fingerprint density at radius 3 is 2.96 bits per heavy atom. The van der Waals surface area contributed by atoms with Gasteiger partial charge < -0.3 is 14.6 Å². The molecule has 24 heavy (non-hydrogen) atoms. The van der Waals surface area contributed by atoms with Gasteiger partial charge in [-0.15, -0.1) is 11.3 Å². The standard InChI is InChI=1S/C17H20N2O4S/c1-4-22-17(21)14-11-6-5-9(2)7-13(11)24-16(14)18-15(20)12-8-10(3)19-23-12/h8-9H,4-7H2,1-3H3,(H,18,20). The number of rotatable bonds is 4. The number of aryl methyl sites for hydroxylation is 1. The number of hydrogen-bond donors (Lipinski definition) is 1. The largest absolute Gasteiger partial charge is 0.462 e. The van der Waals surface area contributed by atoms with Crippen LogP contribution < -0.4 is 5.32 Å². The molecule has 6 nitrogen and oxygen atoms in total. The predicted octanol–water partition coefficient (Wildman–Crippen LogP) is 3.60. The Hall–Kier alpha value is -2.15. The van der Waals surface area contributed by atoms with Gasteiger partial charge in [0.25, 0.3) is 5.91 Å². The third-order valence-electron chi connectivity index (χ3n) is 4.07. The molecule has 2 aromatic heterocycles. The fraction of sp³-hybridized carbons (Fsp3) is 0.471. The van der Waals surface area contributed by atoms with E-state index in [-0.39, 0.29) is 11.7 Å². The van der Waals surface area contributed by atoms with Gasteiger partial charge >= 0.3 is 5.97 Å². The zero-order chi connectivity index (χ0) is 17.3. The molecule has 2 aromatic rings. The second kappa shape index (κ2) is 6.76. The van der Waals surface area contributed by atoms with E-state index >= 15 is 0 Å². The summed E-state index contributed by atoms with van der Waals surface area (Å²) in [6, 6.07) is 1.56.